The van der Waals surface area contributed by atoms with Gasteiger partial charge in [-0.3, -0.25) is 9.59 Å². The van der Waals surface area contributed by atoms with Crippen LogP contribution in [0.4, 0.5) is 5.69 Å². The first-order chi connectivity index (χ1) is 19.7. The molecule has 0 saturated heterocycles. The average Bonchev–Trinajstić information content (AvgIpc) is 3.34. The highest BCUT2D eigenvalue weighted by Crippen LogP contribution is 2.68. The standard InChI is InChI=1S/C37H49NO3/c1-24(9-18-34(40)38-28-13-10-26(11-14-28)35(41)25-7-5-4-6-8-25)31-16-17-32-30-15-12-27-23-29(39)19-21-36(27,2)33(30)20-22-37(31,32)3/h4-8,10-11,13-14,24,27,29-33,39H,9,12,15-23H2,1-3H3,(H,38,40)/t24-,27?,29-,30?,31-,32?,33?,36+,37-/m1/s1. The van der Waals surface area contributed by atoms with Gasteiger partial charge in [0.15, 0.2) is 5.78 Å². The van der Waals surface area contributed by atoms with Crippen LogP contribution < -0.4 is 5.32 Å². The lowest BCUT2D eigenvalue weighted by molar-refractivity contribution is -0.129. The molecule has 0 bridgehead atoms. The summed E-state index contributed by atoms with van der Waals surface area (Å²) in [5.41, 5.74) is 2.88. The molecule has 4 aliphatic rings. The van der Waals surface area contributed by atoms with E-state index in [2.05, 4.69) is 26.1 Å². The predicted molar refractivity (Wildman–Crippen MR) is 165 cm³/mol. The van der Waals surface area contributed by atoms with Crippen molar-refractivity contribution in [1.29, 1.82) is 0 Å². The van der Waals surface area contributed by atoms with Crippen LogP contribution in [0.1, 0.15) is 107 Å². The van der Waals surface area contributed by atoms with E-state index in [0.717, 1.165) is 42.7 Å². The summed E-state index contributed by atoms with van der Waals surface area (Å²) in [6.07, 6.45) is 12.6. The highest BCUT2D eigenvalue weighted by Gasteiger charge is 2.60. The third kappa shape index (κ3) is 5.31. The molecular weight excluding hydrogens is 506 g/mol. The molecule has 0 heterocycles. The van der Waals surface area contributed by atoms with E-state index in [9.17, 15) is 14.7 Å². The number of carbonyl (C=O) groups excluding carboxylic acids is 2. The van der Waals surface area contributed by atoms with E-state index in [0.29, 0.717) is 46.1 Å². The number of amides is 1. The van der Waals surface area contributed by atoms with Crippen LogP contribution in [0.3, 0.4) is 0 Å². The van der Waals surface area contributed by atoms with Crippen LogP contribution in [0.25, 0.3) is 0 Å². The minimum Gasteiger partial charge on any atom is -0.393 e. The second-order valence-electron chi connectivity index (χ2n) is 14.7. The Morgan fingerprint density at radius 2 is 1.54 bits per heavy atom. The van der Waals surface area contributed by atoms with Crippen molar-refractivity contribution >= 4 is 17.4 Å². The molecule has 1 amide bonds. The molecule has 4 nitrogen and oxygen atoms in total. The summed E-state index contributed by atoms with van der Waals surface area (Å²) >= 11 is 0. The summed E-state index contributed by atoms with van der Waals surface area (Å²) in [4.78, 5) is 25.6. The first-order valence-corrected chi connectivity index (χ1v) is 16.4. The van der Waals surface area contributed by atoms with E-state index in [1.54, 1.807) is 12.1 Å². The topological polar surface area (TPSA) is 66.4 Å². The second-order valence-corrected chi connectivity index (χ2v) is 14.7. The van der Waals surface area contributed by atoms with Gasteiger partial charge >= 0.3 is 0 Å². The van der Waals surface area contributed by atoms with Gasteiger partial charge in [0, 0.05) is 23.2 Å². The molecule has 0 radical (unpaired) electrons. The SMILES string of the molecule is C[C@H](CCC(=O)Nc1ccc(C(=O)c2ccccc2)cc1)[C@H]1CCC2C3CCC4C[C@H](O)CC[C@]4(C)C3CC[C@@]21C. The summed E-state index contributed by atoms with van der Waals surface area (Å²) in [6.45, 7) is 7.56. The van der Waals surface area contributed by atoms with Crippen molar-refractivity contribution < 1.29 is 14.7 Å². The first-order valence-electron chi connectivity index (χ1n) is 16.4. The zero-order valence-corrected chi connectivity index (χ0v) is 25.3. The largest absolute Gasteiger partial charge is 0.393 e. The Balaban J connectivity index is 1.03. The van der Waals surface area contributed by atoms with Gasteiger partial charge in [-0.25, -0.2) is 0 Å². The minimum absolute atomic E-state index is 0.00520. The predicted octanol–water partition coefficient (Wildman–Crippen LogP) is 8.29. The number of nitrogens with one attached hydrogen (secondary N) is 1. The third-order valence-electron chi connectivity index (χ3n) is 12.7. The molecule has 220 valence electrons. The van der Waals surface area contributed by atoms with Crippen LogP contribution in [-0.2, 0) is 4.79 Å². The minimum atomic E-state index is -0.0735. The van der Waals surface area contributed by atoms with Crippen LogP contribution in [0.5, 0.6) is 0 Å². The number of ketones is 1. The molecule has 4 aliphatic carbocycles. The second kappa shape index (κ2) is 11.3. The Hall–Kier alpha value is -2.46. The van der Waals surface area contributed by atoms with Gasteiger partial charge in [0.25, 0.3) is 0 Å². The van der Waals surface area contributed by atoms with Crippen LogP contribution in [0, 0.1) is 46.3 Å². The van der Waals surface area contributed by atoms with Crippen molar-refractivity contribution in [2.75, 3.05) is 5.32 Å². The molecule has 0 spiro atoms. The molecule has 41 heavy (non-hydrogen) atoms. The molecule has 2 aromatic rings. The maximum absolute atomic E-state index is 12.9. The number of rotatable bonds is 7. The summed E-state index contributed by atoms with van der Waals surface area (Å²) in [5, 5.41) is 13.4. The Bertz CT molecular complexity index is 1240. The normalized spacial score (nSPS) is 36.9. The quantitative estimate of drug-likeness (QED) is 0.338. The summed E-state index contributed by atoms with van der Waals surface area (Å²) in [6, 6.07) is 16.6. The summed E-state index contributed by atoms with van der Waals surface area (Å²) < 4.78 is 0. The number of aliphatic hydroxyl groups excluding tert-OH is 1. The number of benzene rings is 2. The zero-order chi connectivity index (χ0) is 28.8. The number of anilines is 1. The monoisotopic (exact) mass is 555 g/mol. The van der Waals surface area contributed by atoms with E-state index in [1.807, 2.05) is 42.5 Å². The molecule has 4 fully saturated rings. The molecule has 0 aromatic heterocycles. The molecule has 9 atom stereocenters. The number of hydrogen-bond donors (Lipinski definition) is 2. The van der Waals surface area contributed by atoms with Gasteiger partial charge in [-0.05, 0) is 135 Å². The van der Waals surface area contributed by atoms with Crippen molar-refractivity contribution in [1.82, 2.24) is 0 Å². The van der Waals surface area contributed by atoms with Gasteiger partial charge in [0.1, 0.15) is 0 Å². The van der Waals surface area contributed by atoms with Gasteiger partial charge in [0.05, 0.1) is 6.10 Å². The first kappa shape index (κ1) is 28.6. The van der Waals surface area contributed by atoms with E-state index < -0.39 is 0 Å². The lowest BCUT2D eigenvalue weighted by Crippen LogP contribution is -2.54. The lowest BCUT2D eigenvalue weighted by Gasteiger charge is -2.61. The summed E-state index contributed by atoms with van der Waals surface area (Å²) in [7, 11) is 0. The van der Waals surface area contributed by atoms with Crippen molar-refractivity contribution in [2.45, 2.75) is 97.5 Å². The highest BCUT2D eigenvalue weighted by molar-refractivity contribution is 6.09. The van der Waals surface area contributed by atoms with Crippen molar-refractivity contribution in [3.63, 3.8) is 0 Å². The zero-order valence-electron chi connectivity index (χ0n) is 25.3. The van der Waals surface area contributed by atoms with Crippen molar-refractivity contribution in [2.24, 2.45) is 46.3 Å². The molecule has 2 aromatic carbocycles. The Kier molecular flexibility index (Phi) is 7.91. The molecular formula is C37H49NO3. The number of carbonyl (C=O) groups is 2. The maximum Gasteiger partial charge on any atom is 0.224 e. The molecule has 4 unspecified atom stereocenters. The lowest BCUT2D eigenvalue weighted by atomic mass is 9.44. The van der Waals surface area contributed by atoms with Gasteiger partial charge in [-0.1, -0.05) is 51.1 Å². The van der Waals surface area contributed by atoms with Gasteiger partial charge < -0.3 is 10.4 Å². The van der Waals surface area contributed by atoms with E-state index >= 15 is 0 Å². The van der Waals surface area contributed by atoms with Gasteiger partial charge in [-0.15, -0.1) is 0 Å². The smallest absolute Gasteiger partial charge is 0.224 e. The number of hydrogen-bond acceptors (Lipinski definition) is 3. The number of fused-ring (bicyclic) bond motifs is 5. The fourth-order valence-corrected chi connectivity index (χ4v) is 10.5. The molecule has 4 saturated carbocycles. The maximum atomic E-state index is 12.9. The van der Waals surface area contributed by atoms with Crippen LogP contribution in [-0.4, -0.2) is 22.9 Å². The van der Waals surface area contributed by atoms with Crippen LogP contribution >= 0.6 is 0 Å². The molecule has 6 rings (SSSR count). The Morgan fingerprint density at radius 1 is 0.854 bits per heavy atom. The fraction of sp³-hybridized carbons (Fsp3) is 0.622. The molecule has 4 heteroatoms. The Morgan fingerprint density at radius 3 is 2.29 bits per heavy atom. The fourth-order valence-electron chi connectivity index (χ4n) is 10.5. The Labute approximate surface area is 246 Å². The molecule has 0 aliphatic heterocycles. The summed E-state index contributed by atoms with van der Waals surface area (Å²) in [5.74, 6) is 4.51. The van der Waals surface area contributed by atoms with E-state index in [-0.39, 0.29) is 17.8 Å². The average molecular weight is 556 g/mol. The van der Waals surface area contributed by atoms with Crippen LogP contribution in [0.2, 0.25) is 0 Å². The number of aliphatic hydroxyl groups is 1. The molecule has 2 N–H and O–H groups in total. The van der Waals surface area contributed by atoms with Gasteiger partial charge in [-0.2, -0.15) is 0 Å². The highest BCUT2D eigenvalue weighted by atomic mass is 16.3. The van der Waals surface area contributed by atoms with Gasteiger partial charge in [0.2, 0.25) is 5.91 Å². The van der Waals surface area contributed by atoms with Crippen LogP contribution in [0.15, 0.2) is 54.6 Å². The van der Waals surface area contributed by atoms with Crippen molar-refractivity contribution in [3.05, 3.63) is 65.7 Å². The van der Waals surface area contributed by atoms with E-state index in [1.165, 1.54) is 44.9 Å². The third-order valence-corrected chi connectivity index (χ3v) is 12.7. The van der Waals surface area contributed by atoms with Crippen molar-refractivity contribution in [3.8, 4) is 0 Å². The van der Waals surface area contributed by atoms with E-state index in [4.69, 9.17) is 0 Å².